The first kappa shape index (κ1) is 29.3. The highest BCUT2D eigenvalue weighted by Gasteiger charge is 2.65. The minimum atomic E-state index is -1.45. The van der Waals surface area contributed by atoms with E-state index < -0.39 is 8.07 Å². The number of fused-ring (bicyclic) bond motifs is 5. The van der Waals surface area contributed by atoms with Crippen LogP contribution in [0.25, 0.3) is 0 Å². The molecule has 0 aromatic carbocycles. The quantitative estimate of drug-likeness (QED) is 0.298. The third-order valence-corrected chi connectivity index (χ3v) is 23.4. The Balaban J connectivity index is 1.17. The van der Waals surface area contributed by atoms with E-state index in [1.54, 1.807) is 57.8 Å². The molecule has 14 unspecified atom stereocenters. The Morgan fingerprint density at radius 3 is 2.02 bits per heavy atom. The Morgan fingerprint density at radius 2 is 1.30 bits per heavy atom. The van der Waals surface area contributed by atoms with Crippen molar-refractivity contribution in [2.24, 2.45) is 76.4 Å². The summed E-state index contributed by atoms with van der Waals surface area (Å²) in [5.41, 5.74) is 2.72. The van der Waals surface area contributed by atoms with Crippen molar-refractivity contribution < 1.29 is 0 Å². The van der Waals surface area contributed by atoms with Crippen LogP contribution in [0.5, 0.6) is 0 Å². The average Bonchev–Trinajstić information content (AvgIpc) is 3.65. The van der Waals surface area contributed by atoms with Gasteiger partial charge < -0.3 is 0 Å². The van der Waals surface area contributed by atoms with E-state index in [-0.39, 0.29) is 0 Å². The second kappa shape index (κ2) is 10.6. The summed E-state index contributed by atoms with van der Waals surface area (Å²) >= 11 is 2.52. The van der Waals surface area contributed by atoms with Gasteiger partial charge in [-0.25, -0.2) is 0 Å². The van der Waals surface area contributed by atoms with Crippen molar-refractivity contribution in [2.45, 2.75) is 160 Å². The fourth-order valence-electron chi connectivity index (χ4n) is 14.7. The molecule has 0 N–H and O–H groups in total. The Bertz CT molecular complexity index is 909. The van der Waals surface area contributed by atoms with Crippen molar-refractivity contribution in [3.8, 4) is 0 Å². The molecular formula is C38H66SSi. The van der Waals surface area contributed by atoms with Crippen LogP contribution in [0.3, 0.4) is 0 Å². The van der Waals surface area contributed by atoms with Crippen LogP contribution < -0.4 is 0 Å². The minimum absolute atomic E-state index is 0.515. The molecule has 6 aliphatic carbocycles. The van der Waals surface area contributed by atoms with Crippen LogP contribution in [0, 0.1) is 76.4 Å². The molecule has 2 heteroatoms. The van der Waals surface area contributed by atoms with Gasteiger partial charge >= 0.3 is 0 Å². The van der Waals surface area contributed by atoms with E-state index in [1.165, 1.54) is 25.7 Å². The van der Waals surface area contributed by atoms with Crippen molar-refractivity contribution in [3.05, 3.63) is 0 Å². The molecular weight excluding hydrogens is 517 g/mol. The maximum absolute atomic E-state index is 2.98. The van der Waals surface area contributed by atoms with Crippen molar-refractivity contribution in [1.29, 1.82) is 0 Å². The van der Waals surface area contributed by atoms with Gasteiger partial charge in [-0.05, 0) is 145 Å². The van der Waals surface area contributed by atoms with Crippen LogP contribution in [0.2, 0.25) is 24.2 Å². The van der Waals surface area contributed by atoms with E-state index >= 15 is 0 Å². The molecule has 0 aromatic rings. The van der Waals surface area contributed by atoms with E-state index in [0.717, 1.165) is 92.6 Å². The molecule has 1 saturated heterocycles. The molecule has 0 radical (unpaired) electrons. The van der Waals surface area contributed by atoms with Gasteiger partial charge in [0, 0.05) is 10.5 Å². The van der Waals surface area contributed by atoms with E-state index in [1.807, 2.05) is 0 Å². The maximum atomic E-state index is 2.98. The lowest BCUT2D eigenvalue weighted by Crippen LogP contribution is -2.49. The average molecular weight is 583 g/mol. The number of thioether (sulfide) groups is 1. The predicted octanol–water partition coefficient (Wildman–Crippen LogP) is 11.6. The Kier molecular flexibility index (Phi) is 7.75. The molecule has 228 valence electrons. The highest BCUT2D eigenvalue weighted by molar-refractivity contribution is 8.00. The molecule has 14 atom stereocenters. The summed E-state index contributed by atoms with van der Waals surface area (Å²) in [6.45, 7) is 21.8. The van der Waals surface area contributed by atoms with E-state index in [2.05, 4.69) is 66.4 Å². The third-order valence-electron chi connectivity index (χ3n) is 16.1. The highest BCUT2D eigenvalue weighted by Crippen LogP contribution is 2.71. The molecule has 1 aliphatic heterocycles. The largest absolute Gasteiger partial charge is 0.154 e. The molecule has 0 spiro atoms. The molecule has 7 rings (SSSR count). The van der Waals surface area contributed by atoms with Gasteiger partial charge in [-0.15, -0.1) is 0 Å². The Morgan fingerprint density at radius 1 is 0.600 bits per heavy atom. The van der Waals surface area contributed by atoms with Gasteiger partial charge in [0.25, 0.3) is 0 Å². The third kappa shape index (κ3) is 4.53. The van der Waals surface area contributed by atoms with Gasteiger partial charge in [-0.1, -0.05) is 80.3 Å². The van der Waals surface area contributed by atoms with Crippen LogP contribution >= 0.6 is 11.8 Å². The molecule has 0 nitrogen and oxygen atoms in total. The summed E-state index contributed by atoms with van der Waals surface area (Å²) in [5.74, 6) is 12.6. The van der Waals surface area contributed by atoms with Gasteiger partial charge in [0.2, 0.25) is 0 Å². The van der Waals surface area contributed by atoms with E-state index in [4.69, 9.17) is 0 Å². The summed E-state index contributed by atoms with van der Waals surface area (Å²) in [7, 11) is -1.45. The second-order valence-corrected chi connectivity index (χ2v) is 25.3. The van der Waals surface area contributed by atoms with Crippen molar-refractivity contribution >= 4 is 19.8 Å². The molecule has 1 heterocycles. The zero-order valence-electron chi connectivity index (χ0n) is 27.8. The van der Waals surface area contributed by atoms with Crippen LogP contribution in [0.1, 0.15) is 125 Å². The van der Waals surface area contributed by atoms with E-state index in [9.17, 15) is 0 Å². The molecule has 6 saturated carbocycles. The topological polar surface area (TPSA) is 0 Å². The Hall–Kier alpha value is 0.567. The van der Waals surface area contributed by atoms with E-state index in [0.29, 0.717) is 5.41 Å². The molecule has 0 bridgehead atoms. The lowest BCUT2D eigenvalue weighted by atomic mass is 9.56. The van der Waals surface area contributed by atoms with Gasteiger partial charge in [-0.2, -0.15) is 11.8 Å². The van der Waals surface area contributed by atoms with Crippen LogP contribution in [0.15, 0.2) is 0 Å². The van der Waals surface area contributed by atoms with Crippen LogP contribution in [-0.4, -0.2) is 18.6 Å². The fraction of sp³-hybridized carbons (Fsp3) is 1.00. The number of hydrogen-bond acceptors (Lipinski definition) is 1. The van der Waals surface area contributed by atoms with Crippen molar-refractivity contribution in [3.63, 3.8) is 0 Å². The zero-order chi connectivity index (χ0) is 28.1. The second-order valence-electron chi connectivity index (χ2n) is 18.9. The van der Waals surface area contributed by atoms with Gasteiger partial charge in [0.15, 0.2) is 0 Å². The van der Waals surface area contributed by atoms with Crippen LogP contribution in [-0.2, 0) is 0 Å². The summed E-state index contributed by atoms with van der Waals surface area (Å²) < 4.78 is 0. The first-order valence-corrected chi connectivity index (χ1v) is 22.7. The molecule has 40 heavy (non-hydrogen) atoms. The SMILES string of the molecule is CC1CC2C(CC3CCCC3C2C2CCC(C(C)(C)C)CC2)C1[Si](C)(C)C1C(C)C(C)C2SC3CCCCC3C21. The summed E-state index contributed by atoms with van der Waals surface area (Å²) in [6.07, 6.45) is 20.4. The zero-order valence-corrected chi connectivity index (χ0v) is 29.7. The number of hydrogen-bond donors (Lipinski definition) is 0. The summed E-state index contributed by atoms with van der Waals surface area (Å²) in [5, 5.41) is 2.03. The smallest absolute Gasteiger partial charge is 0.0547 e. The van der Waals surface area contributed by atoms with Crippen molar-refractivity contribution in [1.82, 2.24) is 0 Å². The molecule has 0 aromatic heterocycles. The summed E-state index contributed by atoms with van der Waals surface area (Å²) in [6, 6.07) is 0. The van der Waals surface area contributed by atoms with Gasteiger partial charge in [0.1, 0.15) is 0 Å². The maximum Gasteiger partial charge on any atom is 0.0547 e. The lowest BCUT2D eigenvalue weighted by molar-refractivity contribution is 0.00162. The molecule has 0 amide bonds. The fourth-order valence-corrected chi connectivity index (χ4v) is 23.7. The lowest BCUT2D eigenvalue weighted by Gasteiger charge is -2.53. The van der Waals surface area contributed by atoms with Gasteiger partial charge in [-0.3, -0.25) is 0 Å². The van der Waals surface area contributed by atoms with Crippen molar-refractivity contribution in [2.75, 3.05) is 0 Å². The first-order valence-electron chi connectivity index (χ1n) is 18.6. The standard InChI is InChI=1S/C38H66SSi/c1-22-20-30-31(21-26-12-11-14-28(26)33(30)25-16-18-27(19-17-25)38(4,5)6)36(22)40(7,8)37-24(3)23(2)35-34(37)29-13-9-10-15-32(29)39-35/h22-37H,9-21H2,1-8H3. The predicted molar refractivity (Wildman–Crippen MR) is 179 cm³/mol. The Labute approximate surface area is 255 Å². The van der Waals surface area contributed by atoms with Gasteiger partial charge in [0.05, 0.1) is 8.07 Å². The monoisotopic (exact) mass is 582 g/mol. The van der Waals surface area contributed by atoms with Crippen LogP contribution in [0.4, 0.5) is 0 Å². The summed E-state index contributed by atoms with van der Waals surface area (Å²) in [4.78, 5) is 0. The number of rotatable bonds is 3. The molecule has 7 aliphatic rings. The normalized spacial score (nSPS) is 54.6. The minimum Gasteiger partial charge on any atom is -0.154 e. The highest BCUT2D eigenvalue weighted by atomic mass is 32.2. The molecule has 7 fully saturated rings. The first-order chi connectivity index (χ1) is 19.0.